The van der Waals surface area contributed by atoms with Crippen molar-refractivity contribution in [3.8, 4) is 11.5 Å². The molecular formula is C18H23ClN2O4. The Hall–Kier alpha value is -2.21. The zero-order valence-corrected chi connectivity index (χ0v) is 15.6. The van der Waals surface area contributed by atoms with Crippen LogP contribution in [0, 0.1) is 6.92 Å². The summed E-state index contributed by atoms with van der Waals surface area (Å²) in [5.74, 6) is 1.20. The number of benzene rings is 1. The molecule has 0 aliphatic heterocycles. The fourth-order valence-corrected chi connectivity index (χ4v) is 2.67. The van der Waals surface area contributed by atoms with E-state index in [1.807, 2.05) is 39.0 Å². The van der Waals surface area contributed by atoms with Gasteiger partial charge in [-0.1, -0.05) is 11.2 Å². The molecule has 0 spiro atoms. The number of carbonyl (C=O) groups is 1. The highest BCUT2D eigenvalue weighted by Crippen LogP contribution is 2.30. The molecule has 0 aliphatic carbocycles. The third kappa shape index (κ3) is 4.89. The average molecular weight is 367 g/mol. The van der Waals surface area contributed by atoms with Gasteiger partial charge in [-0.25, -0.2) is 0 Å². The summed E-state index contributed by atoms with van der Waals surface area (Å²) in [4.78, 5) is 12.3. The molecule has 0 radical (unpaired) electrons. The summed E-state index contributed by atoms with van der Waals surface area (Å²) in [5, 5.41) is 6.85. The number of aryl methyl sites for hydroxylation is 1. The third-order valence-electron chi connectivity index (χ3n) is 3.72. The molecule has 6 nitrogen and oxygen atoms in total. The summed E-state index contributed by atoms with van der Waals surface area (Å²) in [6, 6.07) is 5.46. The van der Waals surface area contributed by atoms with E-state index in [1.54, 1.807) is 6.92 Å². The van der Waals surface area contributed by atoms with Crippen LogP contribution in [0.5, 0.6) is 11.5 Å². The maximum Gasteiger partial charge on any atom is 0.229 e. The topological polar surface area (TPSA) is 73.6 Å². The number of nitrogens with zero attached hydrogens (tertiary/aromatic N) is 1. The van der Waals surface area contributed by atoms with Gasteiger partial charge < -0.3 is 19.3 Å². The van der Waals surface area contributed by atoms with Gasteiger partial charge in [-0.15, -0.1) is 0 Å². The molecule has 0 aliphatic rings. The van der Waals surface area contributed by atoms with Crippen LogP contribution >= 0.6 is 11.6 Å². The van der Waals surface area contributed by atoms with Gasteiger partial charge in [0.05, 0.1) is 31.4 Å². The van der Waals surface area contributed by atoms with E-state index in [2.05, 4.69) is 10.5 Å². The van der Waals surface area contributed by atoms with Gasteiger partial charge in [0.25, 0.3) is 0 Å². The second-order valence-corrected chi connectivity index (χ2v) is 5.90. The monoisotopic (exact) mass is 366 g/mol. The Morgan fingerprint density at radius 2 is 1.96 bits per heavy atom. The van der Waals surface area contributed by atoms with Crippen LogP contribution in [-0.4, -0.2) is 24.3 Å². The maximum absolute atomic E-state index is 12.3. The van der Waals surface area contributed by atoms with Crippen LogP contribution in [0.3, 0.4) is 0 Å². The van der Waals surface area contributed by atoms with Gasteiger partial charge in [0.2, 0.25) is 11.1 Å². The fourth-order valence-electron chi connectivity index (χ4n) is 2.43. The van der Waals surface area contributed by atoms with E-state index in [1.165, 1.54) is 0 Å². The van der Waals surface area contributed by atoms with Crippen molar-refractivity contribution in [1.82, 2.24) is 10.5 Å². The first-order valence-electron chi connectivity index (χ1n) is 8.25. The summed E-state index contributed by atoms with van der Waals surface area (Å²) in [5.41, 5.74) is 2.15. The highest BCUT2D eigenvalue weighted by atomic mass is 35.5. The molecule has 0 saturated heterocycles. The lowest BCUT2D eigenvalue weighted by Crippen LogP contribution is -2.28. The van der Waals surface area contributed by atoms with Gasteiger partial charge in [0.15, 0.2) is 11.5 Å². The number of carbonyl (C=O) groups excluding carboxylic acids is 1. The Labute approximate surface area is 152 Å². The quantitative estimate of drug-likeness (QED) is 0.768. The zero-order valence-electron chi connectivity index (χ0n) is 14.9. The van der Waals surface area contributed by atoms with Crippen molar-refractivity contribution in [2.75, 3.05) is 13.2 Å². The van der Waals surface area contributed by atoms with Crippen LogP contribution in [0.4, 0.5) is 0 Å². The van der Waals surface area contributed by atoms with Crippen molar-refractivity contribution < 1.29 is 18.8 Å². The molecule has 0 fully saturated rings. The molecular weight excluding hydrogens is 344 g/mol. The van der Waals surface area contributed by atoms with E-state index in [4.69, 9.17) is 25.6 Å². The zero-order chi connectivity index (χ0) is 18.4. The number of hydrogen-bond acceptors (Lipinski definition) is 5. The predicted molar refractivity (Wildman–Crippen MR) is 95.3 cm³/mol. The second-order valence-electron chi connectivity index (χ2n) is 5.56. The summed E-state index contributed by atoms with van der Waals surface area (Å²) in [7, 11) is 0. The molecule has 0 saturated carbocycles. The minimum Gasteiger partial charge on any atom is -0.490 e. The maximum atomic E-state index is 12.3. The van der Waals surface area contributed by atoms with Crippen molar-refractivity contribution in [1.29, 1.82) is 0 Å². The number of rotatable bonds is 8. The Morgan fingerprint density at radius 1 is 1.28 bits per heavy atom. The molecule has 2 aromatic rings. The van der Waals surface area contributed by atoms with E-state index in [0.717, 1.165) is 5.56 Å². The number of amides is 1. The first-order chi connectivity index (χ1) is 12.0. The highest BCUT2D eigenvalue weighted by Gasteiger charge is 2.18. The Balaban J connectivity index is 2.08. The van der Waals surface area contributed by atoms with Crippen molar-refractivity contribution in [3.05, 3.63) is 40.2 Å². The van der Waals surface area contributed by atoms with Crippen LogP contribution in [0.1, 0.15) is 43.6 Å². The van der Waals surface area contributed by atoms with E-state index >= 15 is 0 Å². The van der Waals surface area contributed by atoms with E-state index < -0.39 is 0 Å². The van der Waals surface area contributed by atoms with Gasteiger partial charge in [0.1, 0.15) is 0 Å². The molecule has 1 aromatic carbocycles. The summed E-state index contributed by atoms with van der Waals surface area (Å²) in [6.07, 6.45) is 0.119. The molecule has 1 amide bonds. The average Bonchev–Trinajstić information content (AvgIpc) is 2.88. The lowest BCUT2D eigenvalue weighted by molar-refractivity contribution is -0.121. The first kappa shape index (κ1) is 19.1. The smallest absolute Gasteiger partial charge is 0.229 e. The Kier molecular flexibility index (Phi) is 6.70. The summed E-state index contributed by atoms with van der Waals surface area (Å²) < 4.78 is 16.1. The Morgan fingerprint density at radius 3 is 2.56 bits per heavy atom. The van der Waals surface area contributed by atoms with Crippen LogP contribution in [0.25, 0.3) is 0 Å². The normalized spacial score (nSPS) is 11.9. The van der Waals surface area contributed by atoms with Crippen LogP contribution in [0.15, 0.2) is 22.7 Å². The predicted octanol–water partition coefficient (Wildman–Crippen LogP) is 3.85. The minimum absolute atomic E-state index is 0.119. The highest BCUT2D eigenvalue weighted by molar-refractivity contribution is 6.29. The van der Waals surface area contributed by atoms with Gasteiger partial charge in [-0.2, -0.15) is 0 Å². The number of ether oxygens (including phenoxy) is 2. The molecule has 1 N–H and O–H groups in total. The molecule has 0 bridgehead atoms. The van der Waals surface area contributed by atoms with Crippen LogP contribution in [-0.2, 0) is 11.2 Å². The van der Waals surface area contributed by atoms with E-state index in [0.29, 0.717) is 36.0 Å². The fraction of sp³-hybridized carbons (Fsp3) is 0.444. The number of hydrogen-bond donors (Lipinski definition) is 1. The SMILES string of the molecule is CCOc1ccc(C(C)NC(=O)Cc2c(C)noc2Cl)cc1OCC. The van der Waals surface area contributed by atoms with Crippen molar-refractivity contribution in [2.45, 2.75) is 40.2 Å². The van der Waals surface area contributed by atoms with E-state index in [9.17, 15) is 4.79 Å². The molecule has 25 heavy (non-hydrogen) atoms. The molecule has 7 heteroatoms. The molecule has 136 valence electrons. The molecule has 1 heterocycles. The second kappa shape index (κ2) is 8.76. The van der Waals surface area contributed by atoms with E-state index in [-0.39, 0.29) is 23.6 Å². The van der Waals surface area contributed by atoms with Crippen LogP contribution < -0.4 is 14.8 Å². The standard InChI is InChI=1S/C18H23ClN2O4/c1-5-23-15-8-7-13(9-16(15)24-6-2)11(3)20-17(22)10-14-12(4)21-25-18(14)19/h7-9,11H,5-6,10H2,1-4H3,(H,20,22). The first-order valence-corrected chi connectivity index (χ1v) is 8.63. The van der Waals surface area contributed by atoms with Crippen molar-refractivity contribution >= 4 is 17.5 Å². The number of nitrogens with one attached hydrogen (secondary N) is 1. The molecule has 1 aromatic heterocycles. The molecule has 1 atom stereocenters. The minimum atomic E-state index is -0.193. The summed E-state index contributed by atoms with van der Waals surface area (Å²) in [6.45, 7) is 8.59. The lowest BCUT2D eigenvalue weighted by atomic mass is 10.1. The molecule has 1 unspecified atom stereocenters. The largest absolute Gasteiger partial charge is 0.490 e. The summed E-state index contributed by atoms with van der Waals surface area (Å²) >= 11 is 5.91. The van der Waals surface area contributed by atoms with Gasteiger partial charge in [-0.05, 0) is 57.0 Å². The lowest BCUT2D eigenvalue weighted by Gasteiger charge is -2.17. The van der Waals surface area contributed by atoms with Crippen LogP contribution in [0.2, 0.25) is 5.22 Å². The third-order valence-corrected chi connectivity index (χ3v) is 4.02. The number of aromatic nitrogens is 1. The van der Waals surface area contributed by atoms with Crippen molar-refractivity contribution in [3.63, 3.8) is 0 Å². The Bertz CT molecular complexity index is 710. The van der Waals surface area contributed by atoms with Crippen molar-refractivity contribution in [2.24, 2.45) is 0 Å². The van der Waals surface area contributed by atoms with Gasteiger partial charge in [-0.3, -0.25) is 4.79 Å². The van der Waals surface area contributed by atoms with Gasteiger partial charge >= 0.3 is 0 Å². The van der Waals surface area contributed by atoms with Gasteiger partial charge in [0, 0.05) is 5.56 Å². The number of halogens is 1. The molecule has 2 rings (SSSR count).